The minimum absolute atomic E-state index is 0.334. The molecule has 0 amide bonds. The zero-order valence-corrected chi connectivity index (χ0v) is 12.5. The zero-order chi connectivity index (χ0) is 13.8. The normalized spacial score (nSPS) is 11.2. The van der Waals surface area contributed by atoms with E-state index in [-0.39, 0.29) is 5.82 Å². The van der Waals surface area contributed by atoms with Gasteiger partial charge in [0.2, 0.25) is 0 Å². The van der Waals surface area contributed by atoms with Crippen LogP contribution in [0.1, 0.15) is 18.7 Å². The van der Waals surface area contributed by atoms with Gasteiger partial charge < -0.3 is 5.32 Å². The molecule has 2 aromatic rings. The number of halogens is 2. The van der Waals surface area contributed by atoms with E-state index in [0.717, 1.165) is 18.0 Å². The van der Waals surface area contributed by atoms with Crippen molar-refractivity contribution in [3.05, 3.63) is 40.0 Å². The van der Waals surface area contributed by atoms with Gasteiger partial charge in [0, 0.05) is 11.4 Å². The van der Waals surface area contributed by atoms with Gasteiger partial charge in [-0.25, -0.2) is 4.39 Å². The van der Waals surface area contributed by atoms with E-state index < -0.39 is 0 Å². The van der Waals surface area contributed by atoms with Crippen molar-refractivity contribution in [1.82, 2.24) is 9.69 Å². The van der Waals surface area contributed by atoms with Crippen LogP contribution >= 0.6 is 23.1 Å². The van der Waals surface area contributed by atoms with Crippen molar-refractivity contribution >= 4 is 23.1 Å². The fourth-order valence-corrected chi connectivity index (χ4v) is 2.69. The maximum absolute atomic E-state index is 13.8. The van der Waals surface area contributed by atoms with Crippen LogP contribution < -0.4 is 5.32 Å². The molecule has 1 heterocycles. The molecular weight excluding hydrogens is 283 g/mol. The van der Waals surface area contributed by atoms with E-state index in [0.29, 0.717) is 22.2 Å². The third-order valence-electron chi connectivity index (χ3n) is 2.63. The summed E-state index contributed by atoms with van der Waals surface area (Å²) >= 11 is 7.40. The topological polar surface area (TPSA) is 24.9 Å². The van der Waals surface area contributed by atoms with Gasteiger partial charge in [-0.2, -0.15) is 4.37 Å². The van der Waals surface area contributed by atoms with Gasteiger partial charge in [0.25, 0.3) is 0 Å². The summed E-state index contributed by atoms with van der Waals surface area (Å²) in [4.78, 5) is 1.08. The average Bonchev–Trinajstić information content (AvgIpc) is 2.77. The fraction of sp³-hybridized carbons (Fsp3) is 0.357. The highest BCUT2D eigenvalue weighted by Crippen LogP contribution is 2.31. The SMILES string of the molecule is CC(C)CNCc1cc(-c2c(F)cccc2Cl)ns1. The summed E-state index contributed by atoms with van der Waals surface area (Å²) in [5.74, 6) is 0.271. The van der Waals surface area contributed by atoms with Crippen molar-refractivity contribution in [2.45, 2.75) is 20.4 Å². The van der Waals surface area contributed by atoms with Crippen LogP contribution in [0.15, 0.2) is 24.3 Å². The van der Waals surface area contributed by atoms with Crippen LogP contribution in [-0.4, -0.2) is 10.9 Å². The van der Waals surface area contributed by atoms with Crippen molar-refractivity contribution in [2.75, 3.05) is 6.54 Å². The van der Waals surface area contributed by atoms with Crippen LogP contribution in [0.3, 0.4) is 0 Å². The van der Waals surface area contributed by atoms with Crippen LogP contribution in [-0.2, 0) is 6.54 Å². The first-order valence-electron chi connectivity index (χ1n) is 6.18. The molecule has 0 radical (unpaired) electrons. The van der Waals surface area contributed by atoms with Crippen molar-refractivity contribution in [3.8, 4) is 11.3 Å². The highest BCUT2D eigenvalue weighted by Gasteiger charge is 2.13. The van der Waals surface area contributed by atoms with Gasteiger partial charge in [0.1, 0.15) is 5.82 Å². The summed E-state index contributed by atoms with van der Waals surface area (Å²) in [6.07, 6.45) is 0. The van der Waals surface area contributed by atoms with Crippen molar-refractivity contribution in [1.29, 1.82) is 0 Å². The van der Waals surface area contributed by atoms with E-state index in [9.17, 15) is 4.39 Å². The van der Waals surface area contributed by atoms with Gasteiger partial charge in [-0.1, -0.05) is 31.5 Å². The van der Waals surface area contributed by atoms with Crippen LogP contribution in [0.2, 0.25) is 5.02 Å². The third-order valence-corrected chi connectivity index (χ3v) is 3.73. The Hall–Kier alpha value is -0.970. The van der Waals surface area contributed by atoms with E-state index in [2.05, 4.69) is 23.5 Å². The van der Waals surface area contributed by atoms with Crippen LogP contribution in [0.4, 0.5) is 4.39 Å². The second-order valence-corrected chi connectivity index (χ2v) is 6.10. The molecular formula is C14H16ClFN2S. The third kappa shape index (κ3) is 3.75. The molecule has 0 unspecified atom stereocenters. The molecule has 19 heavy (non-hydrogen) atoms. The molecule has 0 atom stereocenters. The largest absolute Gasteiger partial charge is 0.312 e. The molecule has 0 saturated carbocycles. The monoisotopic (exact) mass is 298 g/mol. The van der Waals surface area contributed by atoms with Gasteiger partial charge in [-0.05, 0) is 42.2 Å². The molecule has 1 aromatic carbocycles. The number of aromatic nitrogens is 1. The lowest BCUT2D eigenvalue weighted by Crippen LogP contribution is -2.18. The molecule has 0 aliphatic heterocycles. The van der Waals surface area contributed by atoms with Gasteiger partial charge in [0.15, 0.2) is 0 Å². The highest BCUT2D eigenvalue weighted by molar-refractivity contribution is 7.06. The fourth-order valence-electron chi connectivity index (χ4n) is 1.74. The van der Waals surface area contributed by atoms with E-state index in [1.165, 1.54) is 17.6 Å². The molecule has 5 heteroatoms. The predicted octanol–water partition coefficient (Wildman–Crippen LogP) is 4.35. The van der Waals surface area contributed by atoms with E-state index in [1.807, 2.05) is 6.07 Å². The Bertz CT molecular complexity index is 534. The summed E-state index contributed by atoms with van der Waals surface area (Å²) in [6, 6.07) is 6.56. The number of benzene rings is 1. The minimum atomic E-state index is -0.334. The number of hydrogen-bond donors (Lipinski definition) is 1. The predicted molar refractivity (Wildman–Crippen MR) is 79.1 cm³/mol. The number of rotatable bonds is 5. The molecule has 0 spiro atoms. The second kappa shape index (κ2) is 6.46. The Morgan fingerprint density at radius 3 is 2.89 bits per heavy atom. The summed E-state index contributed by atoms with van der Waals surface area (Å²) in [6.45, 7) is 6.02. The average molecular weight is 299 g/mol. The molecule has 1 N–H and O–H groups in total. The van der Waals surface area contributed by atoms with Gasteiger partial charge >= 0.3 is 0 Å². The summed E-state index contributed by atoms with van der Waals surface area (Å²) in [5.41, 5.74) is 0.991. The maximum atomic E-state index is 13.8. The maximum Gasteiger partial charge on any atom is 0.134 e. The highest BCUT2D eigenvalue weighted by atomic mass is 35.5. The van der Waals surface area contributed by atoms with E-state index >= 15 is 0 Å². The lowest BCUT2D eigenvalue weighted by atomic mass is 10.1. The molecule has 0 saturated heterocycles. The number of nitrogens with one attached hydrogen (secondary N) is 1. The molecule has 2 nitrogen and oxygen atoms in total. The first kappa shape index (κ1) is 14.4. The molecule has 1 aromatic heterocycles. The Morgan fingerprint density at radius 2 is 2.21 bits per heavy atom. The van der Waals surface area contributed by atoms with Crippen LogP contribution in [0, 0.1) is 11.7 Å². The van der Waals surface area contributed by atoms with Crippen molar-refractivity contribution < 1.29 is 4.39 Å². The van der Waals surface area contributed by atoms with Crippen molar-refractivity contribution in [3.63, 3.8) is 0 Å². The van der Waals surface area contributed by atoms with Crippen LogP contribution in [0.25, 0.3) is 11.3 Å². The summed E-state index contributed by atoms with van der Waals surface area (Å²) < 4.78 is 18.1. The second-order valence-electron chi connectivity index (χ2n) is 4.80. The lowest BCUT2D eigenvalue weighted by molar-refractivity contribution is 0.555. The Kier molecular flexibility index (Phi) is 4.91. The molecule has 102 valence electrons. The smallest absolute Gasteiger partial charge is 0.134 e. The van der Waals surface area contributed by atoms with E-state index in [4.69, 9.17) is 11.6 Å². The molecule has 0 fully saturated rings. The molecule has 2 rings (SSSR count). The summed E-state index contributed by atoms with van der Waals surface area (Å²) in [5, 5.41) is 3.73. The zero-order valence-electron chi connectivity index (χ0n) is 10.9. The Morgan fingerprint density at radius 1 is 1.42 bits per heavy atom. The summed E-state index contributed by atoms with van der Waals surface area (Å²) in [7, 11) is 0. The molecule has 0 aliphatic rings. The molecule has 0 bridgehead atoms. The van der Waals surface area contributed by atoms with Crippen molar-refractivity contribution in [2.24, 2.45) is 5.92 Å². The first-order valence-corrected chi connectivity index (χ1v) is 7.33. The van der Waals surface area contributed by atoms with Gasteiger partial charge in [0.05, 0.1) is 16.3 Å². The standard InChI is InChI=1S/C14H16ClFN2S/c1-9(2)7-17-8-10-6-13(18-19-10)14-11(15)4-3-5-12(14)16/h3-6,9,17H,7-8H2,1-2H3. The minimum Gasteiger partial charge on any atom is -0.312 e. The number of hydrogen-bond acceptors (Lipinski definition) is 3. The Balaban J connectivity index is 2.12. The number of nitrogens with zero attached hydrogens (tertiary/aromatic N) is 1. The van der Waals surface area contributed by atoms with Gasteiger partial charge in [-0.3, -0.25) is 0 Å². The first-order chi connectivity index (χ1) is 9.08. The van der Waals surface area contributed by atoms with Crippen LogP contribution in [0.5, 0.6) is 0 Å². The van der Waals surface area contributed by atoms with E-state index in [1.54, 1.807) is 12.1 Å². The Labute approximate surface area is 121 Å². The molecule has 0 aliphatic carbocycles. The quantitative estimate of drug-likeness (QED) is 0.888. The lowest BCUT2D eigenvalue weighted by Gasteiger charge is -2.04. The van der Waals surface area contributed by atoms with Gasteiger partial charge in [-0.15, -0.1) is 0 Å².